The van der Waals surface area contributed by atoms with Gasteiger partial charge in [0.05, 0.1) is 0 Å². The molecule has 2 nitrogen and oxygen atoms in total. The lowest BCUT2D eigenvalue weighted by Gasteiger charge is -2.28. The van der Waals surface area contributed by atoms with Crippen molar-refractivity contribution >= 4 is 0 Å². The Labute approximate surface area is 94.2 Å². The van der Waals surface area contributed by atoms with Crippen LogP contribution in [0.4, 0.5) is 0 Å². The lowest BCUT2D eigenvalue weighted by molar-refractivity contribution is 0.335. The largest absolute Gasteiger partial charge is 0.315 e. The minimum Gasteiger partial charge on any atom is -0.315 e. The van der Waals surface area contributed by atoms with Crippen molar-refractivity contribution in [2.75, 3.05) is 19.6 Å². The van der Waals surface area contributed by atoms with Crippen molar-refractivity contribution in [3.8, 4) is 0 Å². The first-order valence-corrected chi connectivity index (χ1v) is 6.54. The molecular weight excluding hydrogens is 184 g/mol. The fraction of sp³-hybridized carbons (Fsp3) is 1.00. The van der Waals surface area contributed by atoms with E-state index in [4.69, 9.17) is 0 Å². The van der Waals surface area contributed by atoms with Crippen molar-refractivity contribution in [2.45, 2.75) is 52.0 Å². The molecule has 2 heteroatoms. The Morgan fingerprint density at radius 3 is 2.60 bits per heavy atom. The minimum atomic E-state index is 0.416. The van der Waals surface area contributed by atoms with Gasteiger partial charge in [-0.1, -0.05) is 20.8 Å². The third-order valence-corrected chi connectivity index (χ3v) is 4.58. The SMILES string of the molecule is CCC1(CNCC2CC2(C)C)CCCN1. The number of rotatable bonds is 5. The molecule has 2 rings (SSSR count). The highest BCUT2D eigenvalue weighted by molar-refractivity contribution is 4.98. The van der Waals surface area contributed by atoms with Crippen molar-refractivity contribution < 1.29 is 0 Å². The summed E-state index contributed by atoms with van der Waals surface area (Å²) in [6, 6.07) is 0. The summed E-state index contributed by atoms with van der Waals surface area (Å²) in [7, 11) is 0. The van der Waals surface area contributed by atoms with Crippen LogP contribution in [0.25, 0.3) is 0 Å². The molecular formula is C13H26N2. The second kappa shape index (κ2) is 4.06. The highest BCUT2D eigenvalue weighted by Gasteiger charge is 2.45. The fourth-order valence-corrected chi connectivity index (χ4v) is 2.86. The van der Waals surface area contributed by atoms with E-state index in [1.165, 1.54) is 38.8 Å². The molecule has 1 saturated heterocycles. The molecule has 1 saturated carbocycles. The molecule has 0 aromatic rings. The Morgan fingerprint density at radius 1 is 1.40 bits per heavy atom. The topological polar surface area (TPSA) is 24.1 Å². The van der Waals surface area contributed by atoms with E-state index in [9.17, 15) is 0 Å². The zero-order valence-corrected chi connectivity index (χ0v) is 10.5. The van der Waals surface area contributed by atoms with Crippen LogP contribution in [-0.4, -0.2) is 25.2 Å². The van der Waals surface area contributed by atoms with E-state index in [2.05, 4.69) is 31.4 Å². The molecule has 2 unspecified atom stereocenters. The van der Waals surface area contributed by atoms with Gasteiger partial charge in [-0.2, -0.15) is 0 Å². The lowest BCUT2D eigenvalue weighted by atomic mass is 9.94. The van der Waals surface area contributed by atoms with Gasteiger partial charge in [-0.25, -0.2) is 0 Å². The van der Waals surface area contributed by atoms with Gasteiger partial charge < -0.3 is 10.6 Å². The summed E-state index contributed by atoms with van der Waals surface area (Å²) in [6.07, 6.45) is 5.37. The maximum atomic E-state index is 3.67. The molecule has 1 aliphatic heterocycles. The summed E-state index contributed by atoms with van der Waals surface area (Å²) < 4.78 is 0. The van der Waals surface area contributed by atoms with Gasteiger partial charge in [0, 0.05) is 12.1 Å². The molecule has 15 heavy (non-hydrogen) atoms. The molecule has 2 fully saturated rings. The van der Waals surface area contributed by atoms with Gasteiger partial charge in [-0.3, -0.25) is 0 Å². The fourth-order valence-electron chi connectivity index (χ4n) is 2.86. The maximum Gasteiger partial charge on any atom is 0.0304 e. The van der Waals surface area contributed by atoms with Crippen LogP contribution in [0.2, 0.25) is 0 Å². The third-order valence-electron chi connectivity index (χ3n) is 4.58. The van der Waals surface area contributed by atoms with Gasteiger partial charge in [-0.05, 0) is 50.1 Å². The summed E-state index contributed by atoms with van der Waals surface area (Å²) in [5, 5.41) is 7.35. The first kappa shape index (κ1) is 11.4. The Hall–Kier alpha value is -0.0800. The summed E-state index contributed by atoms with van der Waals surface area (Å²) >= 11 is 0. The van der Waals surface area contributed by atoms with Crippen LogP contribution in [-0.2, 0) is 0 Å². The van der Waals surface area contributed by atoms with E-state index in [-0.39, 0.29) is 0 Å². The summed E-state index contributed by atoms with van der Waals surface area (Å²) in [6.45, 7) is 10.7. The summed E-state index contributed by atoms with van der Waals surface area (Å²) in [4.78, 5) is 0. The maximum absolute atomic E-state index is 3.67. The van der Waals surface area contributed by atoms with Crippen molar-refractivity contribution in [1.29, 1.82) is 0 Å². The molecule has 0 radical (unpaired) electrons. The standard InChI is InChI=1S/C13H26N2/c1-4-13(6-5-7-15-13)10-14-9-11-8-12(11,2)3/h11,14-15H,4-10H2,1-3H3. The predicted molar refractivity (Wildman–Crippen MR) is 65.0 cm³/mol. The molecule has 0 spiro atoms. The van der Waals surface area contributed by atoms with Crippen molar-refractivity contribution in [3.05, 3.63) is 0 Å². The van der Waals surface area contributed by atoms with Crippen LogP contribution in [0, 0.1) is 11.3 Å². The first-order chi connectivity index (χ1) is 7.08. The zero-order chi connectivity index (χ0) is 10.9. The predicted octanol–water partition coefficient (Wildman–Crippen LogP) is 2.15. The zero-order valence-electron chi connectivity index (χ0n) is 10.5. The van der Waals surface area contributed by atoms with E-state index < -0.39 is 0 Å². The van der Waals surface area contributed by atoms with E-state index in [0.29, 0.717) is 11.0 Å². The minimum absolute atomic E-state index is 0.416. The van der Waals surface area contributed by atoms with Crippen molar-refractivity contribution in [1.82, 2.24) is 10.6 Å². The molecule has 0 bridgehead atoms. The van der Waals surface area contributed by atoms with Gasteiger partial charge in [0.2, 0.25) is 0 Å². The average Bonchev–Trinajstić information content (AvgIpc) is 2.67. The third kappa shape index (κ3) is 2.54. The number of nitrogens with one attached hydrogen (secondary N) is 2. The quantitative estimate of drug-likeness (QED) is 0.726. The lowest BCUT2D eigenvalue weighted by Crippen LogP contribution is -2.48. The summed E-state index contributed by atoms with van der Waals surface area (Å²) in [5.41, 5.74) is 1.04. The molecule has 2 atom stereocenters. The monoisotopic (exact) mass is 210 g/mol. The normalized spacial score (nSPS) is 38.2. The molecule has 2 N–H and O–H groups in total. The first-order valence-electron chi connectivity index (χ1n) is 6.54. The van der Waals surface area contributed by atoms with Gasteiger partial charge in [-0.15, -0.1) is 0 Å². The second-order valence-corrected chi connectivity index (χ2v) is 6.18. The Morgan fingerprint density at radius 2 is 2.13 bits per heavy atom. The highest BCUT2D eigenvalue weighted by Crippen LogP contribution is 2.51. The molecule has 1 heterocycles. The van der Waals surface area contributed by atoms with Crippen LogP contribution >= 0.6 is 0 Å². The van der Waals surface area contributed by atoms with Crippen LogP contribution in [0.5, 0.6) is 0 Å². The van der Waals surface area contributed by atoms with E-state index in [1.54, 1.807) is 0 Å². The number of hydrogen-bond acceptors (Lipinski definition) is 2. The number of hydrogen-bond donors (Lipinski definition) is 2. The summed E-state index contributed by atoms with van der Waals surface area (Å²) in [5.74, 6) is 0.924. The molecule has 88 valence electrons. The van der Waals surface area contributed by atoms with Gasteiger partial charge in [0.1, 0.15) is 0 Å². The Balaban J connectivity index is 1.68. The van der Waals surface area contributed by atoms with Crippen LogP contribution < -0.4 is 10.6 Å². The van der Waals surface area contributed by atoms with E-state index in [1.807, 2.05) is 0 Å². The molecule has 1 aliphatic carbocycles. The average molecular weight is 210 g/mol. The van der Waals surface area contributed by atoms with Crippen LogP contribution in [0.15, 0.2) is 0 Å². The van der Waals surface area contributed by atoms with Crippen molar-refractivity contribution in [2.24, 2.45) is 11.3 Å². The Kier molecular flexibility index (Phi) is 3.09. The van der Waals surface area contributed by atoms with Crippen LogP contribution in [0.3, 0.4) is 0 Å². The van der Waals surface area contributed by atoms with E-state index >= 15 is 0 Å². The van der Waals surface area contributed by atoms with Gasteiger partial charge in [0.15, 0.2) is 0 Å². The molecule has 0 aromatic heterocycles. The van der Waals surface area contributed by atoms with Gasteiger partial charge in [0.25, 0.3) is 0 Å². The highest BCUT2D eigenvalue weighted by atomic mass is 15.1. The second-order valence-electron chi connectivity index (χ2n) is 6.18. The van der Waals surface area contributed by atoms with E-state index in [0.717, 1.165) is 12.5 Å². The molecule has 0 amide bonds. The smallest absolute Gasteiger partial charge is 0.0304 e. The molecule has 2 aliphatic rings. The van der Waals surface area contributed by atoms with Gasteiger partial charge >= 0.3 is 0 Å². The van der Waals surface area contributed by atoms with Crippen LogP contribution in [0.1, 0.15) is 46.5 Å². The van der Waals surface area contributed by atoms with Crippen molar-refractivity contribution in [3.63, 3.8) is 0 Å². The molecule has 0 aromatic carbocycles. The Bertz CT molecular complexity index is 217.